The van der Waals surface area contributed by atoms with Crippen LogP contribution in [0, 0.1) is 20.2 Å². The molecule has 1 saturated carbocycles. The molecule has 1 aromatic carbocycles. The average Bonchev–Trinajstić information content (AvgIpc) is 3.37. The van der Waals surface area contributed by atoms with Crippen molar-refractivity contribution in [2.75, 3.05) is 4.90 Å². The standard InChI is InChI=1S/C15H14N4O4/c20-18(21)13-5-2-1-4-11(13)10-17(12-7-8-12)15-14(19(22)23)6-3-9-16-15/h1-6,9,12H,7-8,10H2. The van der Waals surface area contributed by atoms with Crippen molar-refractivity contribution in [1.82, 2.24) is 4.98 Å². The Balaban J connectivity index is 1.99. The number of para-hydroxylation sites is 1. The quantitative estimate of drug-likeness (QED) is 0.599. The summed E-state index contributed by atoms with van der Waals surface area (Å²) in [6.45, 7) is 0.222. The predicted molar refractivity (Wildman–Crippen MR) is 83.2 cm³/mol. The van der Waals surface area contributed by atoms with Gasteiger partial charge in [-0.15, -0.1) is 0 Å². The van der Waals surface area contributed by atoms with E-state index in [0.29, 0.717) is 5.56 Å². The fourth-order valence-electron chi connectivity index (χ4n) is 2.52. The lowest BCUT2D eigenvalue weighted by molar-refractivity contribution is -0.385. The largest absolute Gasteiger partial charge is 0.343 e. The van der Waals surface area contributed by atoms with Gasteiger partial charge in [-0.25, -0.2) is 4.98 Å². The van der Waals surface area contributed by atoms with Gasteiger partial charge in [0.25, 0.3) is 5.69 Å². The zero-order valence-corrected chi connectivity index (χ0v) is 12.2. The predicted octanol–water partition coefficient (Wildman–Crippen LogP) is 3.07. The van der Waals surface area contributed by atoms with Gasteiger partial charge in [-0.3, -0.25) is 20.2 Å². The molecule has 8 heteroatoms. The second-order valence-electron chi connectivity index (χ2n) is 5.35. The number of benzene rings is 1. The third kappa shape index (κ3) is 3.10. The topological polar surface area (TPSA) is 102 Å². The van der Waals surface area contributed by atoms with Gasteiger partial charge in [-0.2, -0.15) is 0 Å². The van der Waals surface area contributed by atoms with Crippen molar-refractivity contribution in [1.29, 1.82) is 0 Å². The minimum Gasteiger partial charge on any atom is -0.343 e. The second-order valence-corrected chi connectivity index (χ2v) is 5.35. The highest BCUT2D eigenvalue weighted by Crippen LogP contribution is 2.37. The maximum absolute atomic E-state index is 11.2. The van der Waals surface area contributed by atoms with Gasteiger partial charge in [0.05, 0.1) is 16.4 Å². The highest BCUT2D eigenvalue weighted by molar-refractivity contribution is 5.59. The van der Waals surface area contributed by atoms with E-state index in [1.165, 1.54) is 24.4 Å². The highest BCUT2D eigenvalue weighted by atomic mass is 16.6. The first-order chi connectivity index (χ1) is 11.1. The van der Waals surface area contributed by atoms with Gasteiger partial charge in [0.1, 0.15) is 0 Å². The number of pyridine rings is 1. The number of aromatic nitrogens is 1. The molecule has 1 heterocycles. The Morgan fingerprint density at radius 1 is 1.04 bits per heavy atom. The number of rotatable bonds is 6. The molecule has 0 bridgehead atoms. The summed E-state index contributed by atoms with van der Waals surface area (Å²) in [6, 6.07) is 9.47. The van der Waals surface area contributed by atoms with E-state index < -0.39 is 9.85 Å². The molecule has 118 valence electrons. The fourth-order valence-corrected chi connectivity index (χ4v) is 2.52. The highest BCUT2D eigenvalue weighted by Gasteiger charge is 2.35. The SMILES string of the molecule is O=[N+]([O-])c1ccccc1CN(c1ncccc1[N+](=O)[O-])C1CC1. The van der Waals surface area contributed by atoms with Crippen LogP contribution in [0.2, 0.25) is 0 Å². The lowest BCUT2D eigenvalue weighted by atomic mass is 10.1. The van der Waals surface area contributed by atoms with E-state index in [9.17, 15) is 20.2 Å². The summed E-state index contributed by atoms with van der Waals surface area (Å²) in [7, 11) is 0. The zero-order valence-electron chi connectivity index (χ0n) is 12.2. The molecule has 0 unspecified atom stereocenters. The van der Waals surface area contributed by atoms with Crippen LogP contribution in [0.3, 0.4) is 0 Å². The third-order valence-electron chi connectivity index (χ3n) is 3.75. The van der Waals surface area contributed by atoms with Crippen molar-refractivity contribution in [2.45, 2.75) is 25.4 Å². The minimum absolute atomic E-state index is 0.0109. The Bertz CT molecular complexity index is 761. The van der Waals surface area contributed by atoms with E-state index in [1.54, 1.807) is 23.1 Å². The van der Waals surface area contributed by atoms with Gasteiger partial charge in [0, 0.05) is 29.9 Å². The first-order valence-corrected chi connectivity index (χ1v) is 7.16. The molecule has 0 atom stereocenters. The molecule has 0 N–H and O–H groups in total. The fraction of sp³-hybridized carbons (Fsp3) is 0.267. The van der Waals surface area contributed by atoms with Crippen molar-refractivity contribution in [2.24, 2.45) is 0 Å². The number of anilines is 1. The first-order valence-electron chi connectivity index (χ1n) is 7.16. The Morgan fingerprint density at radius 2 is 1.70 bits per heavy atom. The minimum atomic E-state index is -0.475. The van der Waals surface area contributed by atoms with Crippen molar-refractivity contribution in [3.63, 3.8) is 0 Å². The maximum atomic E-state index is 11.2. The van der Waals surface area contributed by atoms with Crippen molar-refractivity contribution < 1.29 is 9.85 Å². The normalized spacial score (nSPS) is 13.6. The summed E-state index contributed by atoms with van der Waals surface area (Å²) >= 11 is 0. The van der Waals surface area contributed by atoms with E-state index in [2.05, 4.69) is 4.98 Å². The lowest BCUT2D eigenvalue weighted by Gasteiger charge is -2.23. The van der Waals surface area contributed by atoms with E-state index in [4.69, 9.17) is 0 Å². The number of hydrogen-bond donors (Lipinski definition) is 0. The van der Waals surface area contributed by atoms with Gasteiger partial charge in [0.15, 0.2) is 0 Å². The van der Waals surface area contributed by atoms with Gasteiger partial charge >= 0.3 is 5.69 Å². The van der Waals surface area contributed by atoms with Crippen molar-refractivity contribution in [3.05, 3.63) is 68.4 Å². The Morgan fingerprint density at radius 3 is 2.35 bits per heavy atom. The van der Waals surface area contributed by atoms with Crippen LogP contribution in [-0.4, -0.2) is 20.9 Å². The molecule has 1 aromatic heterocycles. The molecule has 2 aromatic rings. The van der Waals surface area contributed by atoms with Gasteiger partial charge in [-0.1, -0.05) is 18.2 Å². The van der Waals surface area contributed by atoms with E-state index in [1.807, 2.05) is 0 Å². The molecule has 0 saturated heterocycles. The molecule has 0 spiro atoms. The molecule has 0 aliphatic heterocycles. The summed E-state index contributed by atoms with van der Waals surface area (Å²) in [5.41, 5.74) is 0.444. The van der Waals surface area contributed by atoms with Crippen LogP contribution in [-0.2, 0) is 6.54 Å². The number of hydrogen-bond acceptors (Lipinski definition) is 6. The number of nitro benzene ring substituents is 1. The van der Waals surface area contributed by atoms with Gasteiger partial charge in [0.2, 0.25) is 5.82 Å². The van der Waals surface area contributed by atoms with E-state index >= 15 is 0 Å². The Kier molecular flexibility index (Phi) is 3.88. The number of nitro groups is 2. The van der Waals surface area contributed by atoms with Crippen LogP contribution in [0.5, 0.6) is 0 Å². The van der Waals surface area contributed by atoms with Crippen LogP contribution < -0.4 is 4.90 Å². The molecule has 1 aliphatic carbocycles. The monoisotopic (exact) mass is 314 g/mol. The molecular weight excluding hydrogens is 300 g/mol. The first kappa shape index (κ1) is 14.9. The molecule has 0 radical (unpaired) electrons. The molecule has 1 aliphatic rings. The summed E-state index contributed by atoms with van der Waals surface area (Å²) in [5, 5.41) is 22.4. The number of nitrogens with zero attached hydrogens (tertiary/aromatic N) is 4. The lowest BCUT2D eigenvalue weighted by Crippen LogP contribution is -2.27. The van der Waals surface area contributed by atoms with Crippen LogP contribution in [0.4, 0.5) is 17.2 Å². The summed E-state index contributed by atoms with van der Waals surface area (Å²) < 4.78 is 0. The molecule has 8 nitrogen and oxygen atoms in total. The van der Waals surface area contributed by atoms with E-state index in [-0.39, 0.29) is 29.8 Å². The Labute approximate surface area is 131 Å². The van der Waals surface area contributed by atoms with E-state index in [0.717, 1.165) is 12.8 Å². The van der Waals surface area contributed by atoms with Crippen molar-refractivity contribution >= 4 is 17.2 Å². The average molecular weight is 314 g/mol. The molecular formula is C15H14N4O4. The van der Waals surface area contributed by atoms with Crippen LogP contribution in [0.15, 0.2) is 42.6 Å². The summed E-state index contributed by atoms with van der Waals surface area (Å²) in [6.07, 6.45) is 3.29. The maximum Gasteiger partial charge on any atom is 0.311 e. The summed E-state index contributed by atoms with van der Waals surface area (Å²) in [4.78, 5) is 27.4. The van der Waals surface area contributed by atoms with Gasteiger partial charge < -0.3 is 4.90 Å². The Hall–Kier alpha value is -3.03. The van der Waals surface area contributed by atoms with Crippen molar-refractivity contribution in [3.8, 4) is 0 Å². The second kappa shape index (κ2) is 5.99. The zero-order chi connectivity index (χ0) is 16.4. The van der Waals surface area contributed by atoms with Crippen LogP contribution >= 0.6 is 0 Å². The smallest absolute Gasteiger partial charge is 0.311 e. The molecule has 3 rings (SSSR count). The van der Waals surface area contributed by atoms with Gasteiger partial charge in [-0.05, 0) is 18.9 Å². The molecule has 1 fully saturated rings. The van der Waals surface area contributed by atoms with Crippen LogP contribution in [0.1, 0.15) is 18.4 Å². The third-order valence-corrected chi connectivity index (χ3v) is 3.75. The summed E-state index contributed by atoms with van der Waals surface area (Å²) in [5.74, 6) is 0.262. The van der Waals surface area contributed by atoms with Crippen LogP contribution in [0.25, 0.3) is 0 Å². The molecule has 23 heavy (non-hydrogen) atoms. The molecule has 0 amide bonds.